The standard InChI is InChI=1S/C11H27NSi2/c1-7-14(5,6)11-9-12-8-10-13(2,3)4/h7,12H,1,8-11H2,2-6H3. The second kappa shape index (κ2) is 5.88. The Hall–Kier alpha value is 0.134. The molecule has 0 aliphatic heterocycles. The monoisotopic (exact) mass is 229 g/mol. The summed E-state index contributed by atoms with van der Waals surface area (Å²) in [5, 5.41) is 3.55. The molecule has 0 bridgehead atoms. The minimum absolute atomic E-state index is 0.833. The maximum absolute atomic E-state index is 3.91. The maximum Gasteiger partial charge on any atom is 0.0722 e. The van der Waals surface area contributed by atoms with Crippen LogP contribution in [-0.2, 0) is 0 Å². The molecule has 0 aromatic heterocycles. The van der Waals surface area contributed by atoms with E-state index in [4.69, 9.17) is 0 Å². The topological polar surface area (TPSA) is 12.0 Å². The molecule has 0 radical (unpaired) electrons. The zero-order valence-electron chi connectivity index (χ0n) is 10.6. The summed E-state index contributed by atoms with van der Waals surface area (Å²) in [5.41, 5.74) is 2.19. The van der Waals surface area contributed by atoms with Gasteiger partial charge in [-0.25, -0.2) is 0 Å². The minimum atomic E-state index is -1.06. The van der Waals surface area contributed by atoms with Crippen LogP contribution in [0.5, 0.6) is 0 Å². The smallest absolute Gasteiger partial charge is 0.0722 e. The van der Waals surface area contributed by atoms with E-state index in [9.17, 15) is 0 Å². The number of hydrogen-bond donors (Lipinski definition) is 1. The molecule has 14 heavy (non-hydrogen) atoms. The zero-order valence-corrected chi connectivity index (χ0v) is 12.6. The van der Waals surface area contributed by atoms with Crippen molar-refractivity contribution in [3.63, 3.8) is 0 Å². The van der Waals surface area contributed by atoms with Crippen molar-refractivity contribution in [2.24, 2.45) is 0 Å². The molecule has 0 saturated carbocycles. The Morgan fingerprint density at radius 3 is 1.93 bits per heavy atom. The van der Waals surface area contributed by atoms with Crippen LogP contribution in [0.1, 0.15) is 0 Å². The summed E-state index contributed by atoms with van der Waals surface area (Å²) in [6, 6.07) is 2.71. The maximum atomic E-state index is 3.91. The van der Waals surface area contributed by atoms with Gasteiger partial charge in [0.2, 0.25) is 0 Å². The predicted molar refractivity (Wildman–Crippen MR) is 73.5 cm³/mol. The third-order valence-electron chi connectivity index (χ3n) is 2.55. The molecule has 0 aromatic rings. The van der Waals surface area contributed by atoms with Crippen LogP contribution in [0.3, 0.4) is 0 Å². The second-order valence-corrected chi connectivity index (χ2v) is 16.5. The SMILES string of the molecule is C=C[Si](C)(C)CCNCC[Si](C)(C)C. The normalized spacial score (nSPS) is 12.9. The quantitative estimate of drug-likeness (QED) is 0.521. The highest BCUT2D eigenvalue weighted by molar-refractivity contribution is 6.82. The van der Waals surface area contributed by atoms with Gasteiger partial charge in [-0.15, -0.1) is 12.3 Å². The Bertz CT molecular complexity index is 171. The van der Waals surface area contributed by atoms with Crippen molar-refractivity contribution in [2.75, 3.05) is 13.1 Å². The van der Waals surface area contributed by atoms with Crippen LogP contribution in [0.15, 0.2) is 12.3 Å². The molecule has 0 aliphatic rings. The molecule has 0 heterocycles. The molecule has 0 aliphatic carbocycles. The van der Waals surface area contributed by atoms with Gasteiger partial charge in [0.25, 0.3) is 0 Å². The fourth-order valence-electron chi connectivity index (χ4n) is 1.10. The molecular weight excluding hydrogens is 202 g/mol. The summed E-state index contributed by atoms with van der Waals surface area (Å²) in [6.07, 6.45) is 0. The summed E-state index contributed by atoms with van der Waals surface area (Å²) in [4.78, 5) is 0. The Morgan fingerprint density at radius 2 is 1.50 bits per heavy atom. The van der Waals surface area contributed by atoms with Crippen molar-refractivity contribution < 1.29 is 0 Å². The Morgan fingerprint density at radius 1 is 1.00 bits per heavy atom. The first-order chi connectivity index (χ1) is 6.27. The lowest BCUT2D eigenvalue weighted by Crippen LogP contribution is -2.31. The Kier molecular flexibility index (Phi) is 5.94. The van der Waals surface area contributed by atoms with E-state index in [0.29, 0.717) is 0 Å². The van der Waals surface area contributed by atoms with Crippen molar-refractivity contribution in [1.29, 1.82) is 0 Å². The molecule has 1 nitrogen and oxygen atoms in total. The Labute approximate surface area is 92.0 Å². The van der Waals surface area contributed by atoms with Crippen LogP contribution >= 0.6 is 0 Å². The summed E-state index contributed by atoms with van der Waals surface area (Å²) >= 11 is 0. The van der Waals surface area contributed by atoms with Gasteiger partial charge in [-0.2, -0.15) is 0 Å². The number of rotatable bonds is 7. The second-order valence-electron chi connectivity index (χ2n) is 6.00. The van der Waals surface area contributed by atoms with Crippen LogP contribution < -0.4 is 5.32 Å². The van der Waals surface area contributed by atoms with E-state index >= 15 is 0 Å². The summed E-state index contributed by atoms with van der Waals surface area (Å²) in [7, 11) is -1.89. The van der Waals surface area contributed by atoms with Crippen LogP contribution in [0, 0.1) is 0 Å². The fourth-order valence-corrected chi connectivity index (χ4v) is 3.05. The van der Waals surface area contributed by atoms with Gasteiger partial charge in [0.15, 0.2) is 0 Å². The van der Waals surface area contributed by atoms with E-state index in [1.807, 2.05) is 0 Å². The van der Waals surface area contributed by atoms with Crippen molar-refractivity contribution in [3.8, 4) is 0 Å². The van der Waals surface area contributed by atoms with E-state index in [2.05, 4.69) is 50.3 Å². The highest BCUT2D eigenvalue weighted by atomic mass is 28.3. The average molecular weight is 230 g/mol. The van der Waals surface area contributed by atoms with E-state index in [1.165, 1.54) is 25.2 Å². The molecule has 84 valence electrons. The van der Waals surface area contributed by atoms with Crippen molar-refractivity contribution in [2.45, 2.75) is 44.8 Å². The Balaban J connectivity index is 3.44. The first-order valence-corrected chi connectivity index (χ1v) is 12.6. The molecule has 3 heteroatoms. The minimum Gasteiger partial charge on any atom is -0.317 e. The van der Waals surface area contributed by atoms with Crippen molar-refractivity contribution >= 4 is 16.1 Å². The van der Waals surface area contributed by atoms with Gasteiger partial charge >= 0.3 is 0 Å². The molecule has 0 atom stereocenters. The largest absolute Gasteiger partial charge is 0.317 e. The van der Waals surface area contributed by atoms with Crippen LogP contribution in [-0.4, -0.2) is 29.2 Å². The van der Waals surface area contributed by atoms with Crippen molar-refractivity contribution in [1.82, 2.24) is 5.32 Å². The average Bonchev–Trinajstić information content (AvgIpc) is 2.01. The predicted octanol–water partition coefficient (Wildman–Crippen LogP) is 3.35. The highest BCUT2D eigenvalue weighted by Crippen LogP contribution is 2.09. The molecule has 1 N–H and O–H groups in total. The van der Waals surface area contributed by atoms with E-state index in [-0.39, 0.29) is 0 Å². The highest BCUT2D eigenvalue weighted by Gasteiger charge is 2.15. The van der Waals surface area contributed by atoms with E-state index in [1.54, 1.807) is 0 Å². The molecule has 0 fully saturated rings. The molecule has 0 unspecified atom stereocenters. The molecule has 0 spiro atoms. The lowest BCUT2D eigenvalue weighted by atomic mass is 10.6. The van der Waals surface area contributed by atoms with E-state index < -0.39 is 16.1 Å². The fraction of sp³-hybridized carbons (Fsp3) is 0.818. The van der Waals surface area contributed by atoms with Crippen molar-refractivity contribution in [3.05, 3.63) is 12.3 Å². The molecular formula is C11H27NSi2. The first kappa shape index (κ1) is 14.1. The van der Waals surface area contributed by atoms with Gasteiger partial charge in [-0.3, -0.25) is 0 Å². The van der Waals surface area contributed by atoms with Crippen LogP contribution in [0.25, 0.3) is 0 Å². The lowest BCUT2D eigenvalue weighted by Gasteiger charge is -2.19. The van der Waals surface area contributed by atoms with Gasteiger partial charge in [0, 0.05) is 8.07 Å². The van der Waals surface area contributed by atoms with E-state index in [0.717, 1.165) is 0 Å². The first-order valence-electron chi connectivity index (χ1n) is 5.61. The van der Waals surface area contributed by atoms with Gasteiger partial charge in [-0.1, -0.05) is 32.7 Å². The lowest BCUT2D eigenvalue weighted by molar-refractivity contribution is 0.749. The zero-order chi connectivity index (χ0) is 11.2. The van der Waals surface area contributed by atoms with Crippen LogP contribution in [0.2, 0.25) is 44.8 Å². The number of nitrogens with one attached hydrogen (secondary N) is 1. The molecule has 0 rings (SSSR count). The van der Waals surface area contributed by atoms with Gasteiger partial charge in [0.05, 0.1) is 8.07 Å². The molecule has 0 saturated heterocycles. The molecule has 0 aromatic carbocycles. The third-order valence-corrected chi connectivity index (χ3v) is 6.94. The summed E-state index contributed by atoms with van der Waals surface area (Å²) in [5.74, 6) is 0. The van der Waals surface area contributed by atoms with Gasteiger partial charge < -0.3 is 5.32 Å². The van der Waals surface area contributed by atoms with Gasteiger partial charge in [0.1, 0.15) is 0 Å². The third kappa shape index (κ3) is 8.72. The molecule has 0 amide bonds. The van der Waals surface area contributed by atoms with Crippen LogP contribution in [0.4, 0.5) is 0 Å². The summed E-state index contributed by atoms with van der Waals surface area (Å²) < 4.78 is 0. The number of hydrogen-bond acceptors (Lipinski definition) is 1. The summed E-state index contributed by atoms with van der Waals surface area (Å²) in [6.45, 7) is 18.3. The van der Waals surface area contributed by atoms with Gasteiger partial charge in [-0.05, 0) is 25.2 Å².